The van der Waals surface area contributed by atoms with E-state index >= 15 is 0 Å². The third-order valence-electron chi connectivity index (χ3n) is 0.635. The Kier molecular flexibility index (Phi) is 2.45. The van der Waals surface area contributed by atoms with Crippen LogP contribution in [0.2, 0.25) is 0 Å². The molecule has 0 aliphatic rings. The zero-order valence-corrected chi connectivity index (χ0v) is 4.74. The van der Waals surface area contributed by atoms with Crippen LogP contribution in [0.5, 0.6) is 0 Å². The molecule has 0 amide bonds. The van der Waals surface area contributed by atoms with Gasteiger partial charge in [0.25, 0.3) is 0 Å². The Labute approximate surface area is 48.3 Å². The minimum atomic E-state index is 0. The fourth-order valence-electron chi connectivity index (χ4n) is 0.315. The van der Waals surface area contributed by atoms with Crippen LogP contribution >= 0.6 is 0 Å². The summed E-state index contributed by atoms with van der Waals surface area (Å²) in [6.07, 6.45) is 3.62. The van der Waals surface area contributed by atoms with Gasteiger partial charge in [-0.25, -0.2) is 0 Å². The van der Waals surface area contributed by atoms with Gasteiger partial charge in [-0.15, -0.1) is 0 Å². The Morgan fingerprint density at radius 3 is 2.57 bits per heavy atom. The molecule has 0 aliphatic carbocycles. The number of aromatic nitrogens is 2. The summed E-state index contributed by atoms with van der Waals surface area (Å²) in [4.78, 5) is 0. The summed E-state index contributed by atoms with van der Waals surface area (Å²) in [5, 5.41) is 6.38. The second-order valence-electron chi connectivity index (χ2n) is 1.28. The topological polar surface area (TPSA) is 28.7 Å². The normalized spacial score (nSPS) is 7.57. The summed E-state index contributed by atoms with van der Waals surface area (Å²) >= 11 is 0. The van der Waals surface area contributed by atoms with Crippen LogP contribution in [0, 0.1) is 6.92 Å². The van der Waals surface area contributed by atoms with Crippen LogP contribution in [0.4, 0.5) is 0 Å². The Hall–Kier alpha value is -0.500. The average molecular weight is 118 g/mol. The number of halogens is 1. The smallest absolute Gasteiger partial charge is 0.0516 e. The van der Waals surface area contributed by atoms with Crippen molar-refractivity contribution in [1.29, 1.82) is 0 Å². The fraction of sp³-hybridized carbons (Fsp3) is 0.250. The molecular weight excluding hydrogens is 112 g/mol. The summed E-state index contributed by atoms with van der Waals surface area (Å²) in [6, 6.07) is 0. The van der Waals surface area contributed by atoms with Crippen molar-refractivity contribution in [3.8, 4) is 0 Å². The lowest BCUT2D eigenvalue weighted by Crippen LogP contribution is -3.00. The van der Waals surface area contributed by atoms with Crippen LogP contribution < -0.4 is 12.4 Å². The highest BCUT2D eigenvalue weighted by Crippen LogP contribution is 1.84. The van der Waals surface area contributed by atoms with E-state index in [4.69, 9.17) is 0 Å². The molecular formula is C4H6ClN2-. The Balaban J connectivity index is 0.000000360. The first-order valence-electron chi connectivity index (χ1n) is 1.85. The lowest BCUT2D eigenvalue weighted by Gasteiger charge is -1.62. The van der Waals surface area contributed by atoms with Crippen molar-refractivity contribution in [2.24, 2.45) is 0 Å². The van der Waals surface area contributed by atoms with E-state index in [1.807, 2.05) is 13.1 Å². The fourth-order valence-corrected chi connectivity index (χ4v) is 0.315. The van der Waals surface area contributed by atoms with Gasteiger partial charge < -0.3 is 12.4 Å². The third-order valence-corrected chi connectivity index (χ3v) is 0.635. The summed E-state index contributed by atoms with van der Waals surface area (Å²) in [6.45, 7) is 1.99. The first kappa shape index (κ1) is 6.50. The van der Waals surface area contributed by atoms with Gasteiger partial charge in [-0.1, -0.05) is 0 Å². The molecule has 3 heteroatoms. The Morgan fingerprint density at radius 2 is 2.43 bits per heavy atom. The minimum Gasteiger partial charge on any atom is -1.00 e. The van der Waals surface area contributed by atoms with Gasteiger partial charge in [0, 0.05) is 6.20 Å². The van der Waals surface area contributed by atoms with Gasteiger partial charge in [-0.3, -0.25) is 5.10 Å². The first-order valence-corrected chi connectivity index (χ1v) is 1.85. The van der Waals surface area contributed by atoms with E-state index in [0.717, 1.165) is 0 Å². The van der Waals surface area contributed by atoms with Crippen LogP contribution in [-0.4, -0.2) is 10.2 Å². The number of hydrogen-bond acceptors (Lipinski definition) is 1. The van der Waals surface area contributed by atoms with Gasteiger partial charge in [0.15, 0.2) is 0 Å². The van der Waals surface area contributed by atoms with E-state index in [2.05, 4.69) is 10.2 Å². The molecule has 7 heavy (non-hydrogen) atoms. The molecule has 0 atom stereocenters. The quantitative estimate of drug-likeness (QED) is 0.408. The zero-order chi connectivity index (χ0) is 4.41. The van der Waals surface area contributed by atoms with Crippen LogP contribution in [0.25, 0.3) is 0 Å². The zero-order valence-electron chi connectivity index (χ0n) is 3.98. The summed E-state index contributed by atoms with van der Waals surface area (Å²) < 4.78 is 0. The molecule has 0 aromatic carbocycles. The standard InChI is InChI=1S/C4H6N2.ClH/c1-4-2-5-6-3-4;/h2-3H,1H3,(H,5,6);1H/p-1. The van der Waals surface area contributed by atoms with Gasteiger partial charge in [-0.05, 0) is 12.5 Å². The number of aryl methyl sites for hydroxylation is 1. The molecule has 1 aromatic heterocycles. The van der Waals surface area contributed by atoms with Crippen LogP contribution in [0.1, 0.15) is 5.56 Å². The Morgan fingerprint density at radius 1 is 1.71 bits per heavy atom. The van der Waals surface area contributed by atoms with Crippen molar-refractivity contribution in [3.63, 3.8) is 0 Å². The molecule has 40 valence electrons. The molecule has 0 bridgehead atoms. The van der Waals surface area contributed by atoms with Crippen molar-refractivity contribution in [2.75, 3.05) is 0 Å². The maximum atomic E-state index is 3.70. The summed E-state index contributed by atoms with van der Waals surface area (Å²) in [7, 11) is 0. The van der Waals surface area contributed by atoms with E-state index in [-0.39, 0.29) is 12.4 Å². The molecule has 1 N–H and O–H groups in total. The SMILES string of the molecule is Cc1cn[nH]c1.[Cl-]. The number of aromatic amines is 1. The molecule has 0 fully saturated rings. The number of nitrogens with one attached hydrogen (secondary N) is 1. The molecule has 0 aliphatic heterocycles. The van der Waals surface area contributed by atoms with Crippen molar-refractivity contribution in [2.45, 2.75) is 6.92 Å². The maximum Gasteiger partial charge on any atom is 0.0516 e. The van der Waals surface area contributed by atoms with E-state index in [9.17, 15) is 0 Å². The highest BCUT2D eigenvalue weighted by molar-refractivity contribution is 4.96. The molecule has 0 saturated heterocycles. The molecule has 0 spiro atoms. The number of nitrogens with zero attached hydrogens (tertiary/aromatic N) is 1. The van der Waals surface area contributed by atoms with Crippen molar-refractivity contribution in [3.05, 3.63) is 18.0 Å². The predicted molar refractivity (Wildman–Crippen MR) is 23.3 cm³/mol. The maximum absolute atomic E-state index is 3.70. The predicted octanol–water partition coefficient (Wildman–Crippen LogP) is -2.28. The molecule has 1 heterocycles. The minimum absolute atomic E-state index is 0. The van der Waals surface area contributed by atoms with Gasteiger partial charge in [-0.2, -0.15) is 5.10 Å². The highest BCUT2D eigenvalue weighted by atomic mass is 35.5. The Bertz CT molecular complexity index is 113. The van der Waals surface area contributed by atoms with E-state index in [1.54, 1.807) is 6.20 Å². The number of hydrogen-bond donors (Lipinski definition) is 1. The molecule has 0 radical (unpaired) electrons. The van der Waals surface area contributed by atoms with Crippen LogP contribution in [-0.2, 0) is 0 Å². The van der Waals surface area contributed by atoms with Crippen molar-refractivity contribution < 1.29 is 12.4 Å². The van der Waals surface area contributed by atoms with Crippen molar-refractivity contribution in [1.82, 2.24) is 10.2 Å². The molecule has 0 unspecified atom stereocenters. The lowest BCUT2D eigenvalue weighted by molar-refractivity contribution is -0.00000142. The largest absolute Gasteiger partial charge is 1.00 e. The van der Waals surface area contributed by atoms with Crippen LogP contribution in [0.15, 0.2) is 12.4 Å². The summed E-state index contributed by atoms with van der Waals surface area (Å²) in [5.41, 5.74) is 1.18. The second-order valence-corrected chi connectivity index (χ2v) is 1.28. The summed E-state index contributed by atoms with van der Waals surface area (Å²) in [5.74, 6) is 0. The highest BCUT2D eigenvalue weighted by Gasteiger charge is 1.74. The van der Waals surface area contributed by atoms with Gasteiger partial charge in [0.05, 0.1) is 6.20 Å². The van der Waals surface area contributed by atoms with Crippen molar-refractivity contribution >= 4 is 0 Å². The molecule has 2 nitrogen and oxygen atoms in total. The lowest BCUT2D eigenvalue weighted by atomic mass is 10.4. The second kappa shape index (κ2) is 2.64. The van der Waals surface area contributed by atoms with Crippen LogP contribution in [0.3, 0.4) is 0 Å². The monoisotopic (exact) mass is 117 g/mol. The molecule has 1 aromatic rings. The molecule has 0 saturated carbocycles. The van der Waals surface area contributed by atoms with E-state index in [1.165, 1.54) is 5.56 Å². The van der Waals surface area contributed by atoms with Gasteiger partial charge in [0.2, 0.25) is 0 Å². The number of rotatable bonds is 0. The molecule has 1 rings (SSSR count). The number of H-pyrrole nitrogens is 1. The van der Waals surface area contributed by atoms with E-state index in [0.29, 0.717) is 0 Å². The average Bonchev–Trinajstić information content (AvgIpc) is 1.86. The van der Waals surface area contributed by atoms with E-state index < -0.39 is 0 Å². The third kappa shape index (κ3) is 1.59. The first-order chi connectivity index (χ1) is 2.89. The van der Waals surface area contributed by atoms with Gasteiger partial charge >= 0.3 is 0 Å². The van der Waals surface area contributed by atoms with Gasteiger partial charge in [0.1, 0.15) is 0 Å².